The lowest BCUT2D eigenvalue weighted by molar-refractivity contribution is 0.370. The Hall–Kier alpha value is 0.350. The highest BCUT2D eigenvalue weighted by Crippen LogP contribution is 2.19. The Morgan fingerprint density at radius 2 is 1.58 bits per heavy atom. The largest absolute Gasteiger partial charge is 0.349 e. The molecule has 0 aliphatic carbocycles. The molecule has 0 saturated heterocycles. The molecule has 0 heterocycles. The van der Waals surface area contributed by atoms with Crippen LogP contribution in [-0.4, -0.2) is 24.9 Å². The second-order valence-electron chi connectivity index (χ2n) is 2.99. The van der Waals surface area contributed by atoms with Gasteiger partial charge in [0.1, 0.15) is 0 Å². The fourth-order valence-corrected chi connectivity index (χ4v) is 1.79. The van der Waals surface area contributed by atoms with Crippen molar-refractivity contribution in [1.82, 2.24) is 4.67 Å². The van der Waals surface area contributed by atoms with E-state index in [1.54, 1.807) is 7.11 Å². The van der Waals surface area contributed by atoms with Crippen LogP contribution < -0.4 is 0 Å². The predicted octanol–water partition coefficient (Wildman–Crippen LogP) is 3.04. The standard InChI is InChI=1S/C9H22NOP/c1-4-6-8-10(12-11-3)9-7-5-2/h12H,4-9H2,1-3H3. The van der Waals surface area contributed by atoms with Gasteiger partial charge in [0.15, 0.2) is 0 Å². The van der Waals surface area contributed by atoms with E-state index in [4.69, 9.17) is 4.52 Å². The molecule has 0 bridgehead atoms. The Balaban J connectivity index is 3.40. The van der Waals surface area contributed by atoms with E-state index in [-0.39, 0.29) is 0 Å². The van der Waals surface area contributed by atoms with Crippen LogP contribution in [0.2, 0.25) is 0 Å². The molecule has 0 fully saturated rings. The summed E-state index contributed by atoms with van der Waals surface area (Å²) in [7, 11) is 2.34. The van der Waals surface area contributed by atoms with Crippen molar-refractivity contribution in [3.05, 3.63) is 0 Å². The SMILES string of the molecule is CCCCN(CCCC)POC. The van der Waals surface area contributed by atoms with Gasteiger partial charge in [-0.1, -0.05) is 26.7 Å². The van der Waals surface area contributed by atoms with Crippen molar-refractivity contribution in [3.8, 4) is 0 Å². The lowest BCUT2D eigenvalue weighted by Crippen LogP contribution is -2.16. The van der Waals surface area contributed by atoms with Crippen molar-refractivity contribution in [2.24, 2.45) is 0 Å². The maximum absolute atomic E-state index is 5.15. The summed E-state index contributed by atoms with van der Waals surface area (Å²) in [5.41, 5.74) is 0. The Morgan fingerprint density at radius 3 is 1.92 bits per heavy atom. The summed E-state index contributed by atoms with van der Waals surface area (Å²) in [6, 6.07) is 0. The van der Waals surface area contributed by atoms with E-state index < -0.39 is 0 Å². The Kier molecular flexibility index (Phi) is 9.71. The maximum Gasteiger partial charge on any atom is 0.0884 e. The van der Waals surface area contributed by atoms with Gasteiger partial charge in [-0.15, -0.1) is 0 Å². The van der Waals surface area contributed by atoms with E-state index in [1.807, 2.05) is 0 Å². The quantitative estimate of drug-likeness (QED) is 0.547. The average molecular weight is 191 g/mol. The lowest BCUT2D eigenvalue weighted by atomic mass is 10.3. The van der Waals surface area contributed by atoms with Crippen LogP contribution in [-0.2, 0) is 4.52 Å². The summed E-state index contributed by atoms with van der Waals surface area (Å²) in [6.07, 6.45) is 5.13. The molecule has 2 nitrogen and oxygen atoms in total. The fourth-order valence-electron chi connectivity index (χ4n) is 1.03. The normalized spacial score (nSPS) is 12.0. The van der Waals surface area contributed by atoms with Crippen LogP contribution in [0.25, 0.3) is 0 Å². The van der Waals surface area contributed by atoms with Crippen LogP contribution in [0.4, 0.5) is 0 Å². The number of hydrogen-bond donors (Lipinski definition) is 0. The average Bonchev–Trinajstić information content (AvgIpc) is 2.10. The van der Waals surface area contributed by atoms with Crippen molar-refractivity contribution < 1.29 is 4.52 Å². The first-order chi connectivity index (χ1) is 5.85. The third kappa shape index (κ3) is 7.02. The van der Waals surface area contributed by atoms with E-state index in [9.17, 15) is 0 Å². The molecule has 0 N–H and O–H groups in total. The molecule has 0 aromatic carbocycles. The van der Waals surface area contributed by atoms with Crippen LogP contribution in [0.15, 0.2) is 0 Å². The molecule has 1 atom stereocenters. The summed E-state index contributed by atoms with van der Waals surface area (Å²) in [5.74, 6) is 0. The minimum atomic E-state index is 0.559. The highest BCUT2D eigenvalue weighted by Gasteiger charge is 2.01. The van der Waals surface area contributed by atoms with Crippen molar-refractivity contribution in [2.75, 3.05) is 20.2 Å². The number of unbranched alkanes of at least 4 members (excludes halogenated alkanes) is 2. The van der Waals surface area contributed by atoms with E-state index in [0.29, 0.717) is 8.96 Å². The van der Waals surface area contributed by atoms with Gasteiger partial charge >= 0.3 is 0 Å². The summed E-state index contributed by atoms with van der Waals surface area (Å²) in [4.78, 5) is 0. The molecule has 0 spiro atoms. The molecule has 3 heteroatoms. The van der Waals surface area contributed by atoms with Crippen LogP contribution in [0.3, 0.4) is 0 Å². The summed E-state index contributed by atoms with van der Waals surface area (Å²) in [5, 5.41) is 0. The van der Waals surface area contributed by atoms with Gasteiger partial charge in [-0.05, 0) is 12.8 Å². The molecule has 0 aliphatic rings. The van der Waals surface area contributed by atoms with Gasteiger partial charge in [0, 0.05) is 20.2 Å². The van der Waals surface area contributed by atoms with Crippen LogP contribution in [0.5, 0.6) is 0 Å². The minimum Gasteiger partial charge on any atom is -0.349 e. The van der Waals surface area contributed by atoms with Crippen molar-refractivity contribution in [2.45, 2.75) is 39.5 Å². The molecule has 12 heavy (non-hydrogen) atoms. The van der Waals surface area contributed by atoms with Gasteiger partial charge in [-0.2, -0.15) is 0 Å². The van der Waals surface area contributed by atoms with Crippen molar-refractivity contribution >= 4 is 8.96 Å². The molecule has 0 aliphatic heterocycles. The molecule has 0 aromatic heterocycles. The van der Waals surface area contributed by atoms with Gasteiger partial charge in [-0.3, -0.25) is 4.67 Å². The van der Waals surface area contributed by atoms with E-state index in [0.717, 1.165) is 0 Å². The summed E-state index contributed by atoms with van der Waals surface area (Å²) in [6.45, 7) is 6.85. The topological polar surface area (TPSA) is 12.5 Å². The molecule has 0 radical (unpaired) electrons. The van der Waals surface area contributed by atoms with Crippen LogP contribution in [0, 0.1) is 0 Å². The number of nitrogens with zero attached hydrogens (tertiary/aromatic N) is 1. The molecule has 0 aromatic rings. The third-order valence-electron chi connectivity index (χ3n) is 1.78. The van der Waals surface area contributed by atoms with Gasteiger partial charge in [0.2, 0.25) is 0 Å². The number of hydrogen-bond acceptors (Lipinski definition) is 2. The lowest BCUT2D eigenvalue weighted by Gasteiger charge is -2.19. The van der Waals surface area contributed by atoms with Crippen LogP contribution in [0.1, 0.15) is 39.5 Å². The first-order valence-electron chi connectivity index (χ1n) is 4.88. The van der Waals surface area contributed by atoms with Crippen molar-refractivity contribution in [1.29, 1.82) is 0 Å². The molecular weight excluding hydrogens is 169 g/mol. The molecule has 0 amide bonds. The monoisotopic (exact) mass is 191 g/mol. The third-order valence-corrected chi connectivity index (χ3v) is 2.67. The second kappa shape index (κ2) is 9.44. The van der Waals surface area contributed by atoms with E-state index in [1.165, 1.54) is 38.8 Å². The van der Waals surface area contributed by atoms with E-state index in [2.05, 4.69) is 18.5 Å². The smallest absolute Gasteiger partial charge is 0.0884 e. The zero-order valence-electron chi connectivity index (χ0n) is 8.60. The molecule has 0 saturated carbocycles. The second-order valence-corrected chi connectivity index (χ2v) is 4.21. The maximum atomic E-state index is 5.15. The van der Waals surface area contributed by atoms with Gasteiger partial charge in [0.05, 0.1) is 8.96 Å². The zero-order valence-corrected chi connectivity index (χ0v) is 9.60. The first-order valence-corrected chi connectivity index (χ1v) is 5.74. The van der Waals surface area contributed by atoms with Gasteiger partial charge < -0.3 is 4.52 Å². The predicted molar refractivity (Wildman–Crippen MR) is 56.7 cm³/mol. The molecular formula is C9H22NOP. The molecule has 1 unspecified atom stereocenters. The highest BCUT2D eigenvalue weighted by atomic mass is 31.1. The molecule has 74 valence electrons. The minimum absolute atomic E-state index is 0.559. The first kappa shape index (κ1) is 12.3. The summed E-state index contributed by atoms with van der Waals surface area (Å²) < 4.78 is 7.56. The Morgan fingerprint density at radius 1 is 1.08 bits per heavy atom. The Bertz CT molecular complexity index is 82.6. The Labute approximate surface area is 78.6 Å². The number of rotatable bonds is 8. The zero-order chi connectivity index (χ0) is 9.23. The van der Waals surface area contributed by atoms with Gasteiger partial charge in [-0.25, -0.2) is 0 Å². The van der Waals surface area contributed by atoms with Gasteiger partial charge in [0.25, 0.3) is 0 Å². The fraction of sp³-hybridized carbons (Fsp3) is 1.00. The van der Waals surface area contributed by atoms with Crippen LogP contribution >= 0.6 is 8.96 Å². The molecule has 0 rings (SSSR count). The summed E-state index contributed by atoms with van der Waals surface area (Å²) >= 11 is 0. The highest BCUT2D eigenvalue weighted by molar-refractivity contribution is 7.29. The van der Waals surface area contributed by atoms with Crippen molar-refractivity contribution in [3.63, 3.8) is 0 Å². The van der Waals surface area contributed by atoms with E-state index >= 15 is 0 Å².